The molecule has 0 amide bonds. The fourth-order valence-electron chi connectivity index (χ4n) is 1.18. The summed E-state index contributed by atoms with van der Waals surface area (Å²) < 4.78 is 22.9. The van der Waals surface area contributed by atoms with E-state index in [1.807, 2.05) is 0 Å². The second kappa shape index (κ2) is 2.85. The van der Waals surface area contributed by atoms with Gasteiger partial charge in [-0.2, -0.15) is 0 Å². The van der Waals surface area contributed by atoms with Gasteiger partial charge in [0.05, 0.1) is 4.90 Å². The molecule has 1 heterocycles. The van der Waals surface area contributed by atoms with Gasteiger partial charge in [0.25, 0.3) is 0 Å². The molecule has 1 aromatic rings. The highest BCUT2D eigenvalue weighted by Crippen LogP contribution is 2.32. The van der Waals surface area contributed by atoms with Gasteiger partial charge in [-0.15, -0.1) is 0 Å². The third-order valence-electron chi connectivity index (χ3n) is 1.72. The Morgan fingerprint density at radius 1 is 1.23 bits per heavy atom. The van der Waals surface area contributed by atoms with Gasteiger partial charge in [-0.05, 0) is 23.9 Å². The van der Waals surface area contributed by atoms with E-state index in [1.54, 1.807) is 18.2 Å². The summed E-state index contributed by atoms with van der Waals surface area (Å²) in [4.78, 5) is 11.8. The van der Waals surface area contributed by atoms with E-state index in [0.717, 1.165) is 11.8 Å². The molecule has 0 bridgehead atoms. The highest BCUT2D eigenvalue weighted by atomic mass is 32.2. The largest absolute Gasteiger partial charge is 0.286 e. The SMILES string of the molecule is O=C1CS(=O)(=O)c2ccccc2S1. The van der Waals surface area contributed by atoms with E-state index < -0.39 is 9.84 Å². The number of sulfone groups is 1. The fraction of sp³-hybridized carbons (Fsp3) is 0.125. The van der Waals surface area contributed by atoms with Crippen LogP contribution >= 0.6 is 11.8 Å². The Morgan fingerprint density at radius 3 is 2.69 bits per heavy atom. The van der Waals surface area contributed by atoms with Gasteiger partial charge in [-0.1, -0.05) is 12.1 Å². The molecule has 13 heavy (non-hydrogen) atoms. The minimum Gasteiger partial charge on any atom is -0.286 e. The van der Waals surface area contributed by atoms with Crippen LogP contribution < -0.4 is 0 Å². The van der Waals surface area contributed by atoms with Crippen LogP contribution in [0.5, 0.6) is 0 Å². The summed E-state index contributed by atoms with van der Waals surface area (Å²) in [5, 5.41) is -0.307. The molecule has 1 aliphatic rings. The van der Waals surface area contributed by atoms with E-state index in [2.05, 4.69) is 0 Å². The summed E-state index contributed by atoms with van der Waals surface area (Å²) in [6.45, 7) is 0. The summed E-state index contributed by atoms with van der Waals surface area (Å²) >= 11 is 0.996. The van der Waals surface area contributed by atoms with Gasteiger partial charge in [0.15, 0.2) is 9.84 Å². The highest BCUT2D eigenvalue weighted by Gasteiger charge is 2.28. The van der Waals surface area contributed by atoms with Gasteiger partial charge in [0, 0.05) is 4.90 Å². The Balaban J connectivity index is 2.70. The maximum atomic E-state index is 11.4. The summed E-state index contributed by atoms with van der Waals surface area (Å²) in [5.74, 6) is -0.380. The van der Waals surface area contributed by atoms with Crippen molar-refractivity contribution in [2.75, 3.05) is 5.75 Å². The first-order chi connectivity index (χ1) is 6.09. The Kier molecular flexibility index (Phi) is 1.92. The van der Waals surface area contributed by atoms with Crippen molar-refractivity contribution >= 4 is 26.7 Å². The van der Waals surface area contributed by atoms with Crippen LogP contribution in [0.3, 0.4) is 0 Å². The zero-order chi connectivity index (χ0) is 9.47. The molecule has 0 radical (unpaired) electrons. The van der Waals surface area contributed by atoms with E-state index in [1.165, 1.54) is 6.07 Å². The van der Waals surface area contributed by atoms with E-state index in [0.29, 0.717) is 4.90 Å². The normalized spacial score (nSPS) is 19.5. The lowest BCUT2D eigenvalue weighted by Crippen LogP contribution is -2.18. The van der Waals surface area contributed by atoms with E-state index in [-0.39, 0.29) is 15.8 Å². The lowest BCUT2D eigenvalue weighted by Gasteiger charge is -2.13. The average molecular weight is 214 g/mol. The van der Waals surface area contributed by atoms with Crippen LogP contribution in [0.1, 0.15) is 0 Å². The number of hydrogen-bond donors (Lipinski definition) is 0. The third kappa shape index (κ3) is 1.49. The molecule has 0 spiro atoms. The molecule has 0 aliphatic carbocycles. The minimum atomic E-state index is -3.36. The van der Waals surface area contributed by atoms with Crippen LogP contribution in [0, 0.1) is 0 Å². The minimum absolute atomic E-state index is 0.277. The molecule has 68 valence electrons. The van der Waals surface area contributed by atoms with Crippen molar-refractivity contribution in [2.45, 2.75) is 9.79 Å². The summed E-state index contributed by atoms with van der Waals surface area (Å²) in [6, 6.07) is 6.56. The third-order valence-corrected chi connectivity index (χ3v) is 4.64. The van der Waals surface area contributed by atoms with E-state index in [9.17, 15) is 13.2 Å². The number of rotatable bonds is 0. The molecule has 0 N–H and O–H groups in total. The van der Waals surface area contributed by atoms with Crippen molar-refractivity contribution in [1.82, 2.24) is 0 Å². The highest BCUT2D eigenvalue weighted by molar-refractivity contribution is 8.16. The average Bonchev–Trinajstić information content (AvgIpc) is 2.02. The molecule has 1 aromatic carbocycles. The zero-order valence-electron chi connectivity index (χ0n) is 6.56. The first-order valence-corrected chi connectivity index (χ1v) is 6.09. The van der Waals surface area contributed by atoms with Gasteiger partial charge in [-0.3, -0.25) is 4.79 Å². The Morgan fingerprint density at radius 2 is 1.92 bits per heavy atom. The topological polar surface area (TPSA) is 51.2 Å². The number of hydrogen-bond acceptors (Lipinski definition) is 4. The molecule has 0 aromatic heterocycles. The molecule has 3 nitrogen and oxygen atoms in total. The number of fused-ring (bicyclic) bond motifs is 1. The molecule has 0 atom stereocenters. The van der Waals surface area contributed by atoms with Gasteiger partial charge in [0.1, 0.15) is 5.75 Å². The van der Waals surface area contributed by atoms with Crippen molar-refractivity contribution in [2.24, 2.45) is 0 Å². The Labute approximate surface area is 80.1 Å². The number of carbonyl (C=O) groups is 1. The standard InChI is InChI=1S/C8H6O3S2/c9-8-5-13(10,11)7-4-2-1-3-6(7)12-8/h1-4H,5H2. The number of carbonyl (C=O) groups excluding carboxylic acids is 1. The van der Waals surface area contributed by atoms with Gasteiger partial charge in [0.2, 0.25) is 5.12 Å². The van der Waals surface area contributed by atoms with Crippen LogP contribution in [0.25, 0.3) is 0 Å². The van der Waals surface area contributed by atoms with E-state index >= 15 is 0 Å². The molecule has 0 saturated heterocycles. The summed E-state index contributed by atoms with van der Waals surface area (Å²) in [5.41, 5.74) is 0. The van der Waals surface area contributed by atoms with Crippen molar-refractivity contribution in [3.8, 4) is 0 Å². The van der Waals surface area contributed by atoms with E-state index in [4.69, 9.17) is 0 Å². The molecular weight excluding hydrogens is 208 g/mol. The molecule has 0 saturated carbocycles. The predicted octanol–water partition coefficient (Wildman–Crippen LogP) is 1.09. The van der Waals surface area contributed by atoms with Crippen LogP contribution in [-0.2, 0) is 14.6 Å². The van der Waals surface area contributed by atoms with Crippen LogP contribution in [0.4, 0.5) is 0 Å². The van der Waals surface area contributed by atoms with Gasteiger partial charge >= 0.3 is 0 Å². The monoisotopic (exact) mass is 214 g/mol. The van der Waals surface area contributed by atoms with Crippen LogP contribution in [0.2, 0.25) is 0 Å². The molecule has 5 heteroatoms. The fourth-order valence-corrected chi connectivity index (χ4v) is 4.07. The quantitative estimate of drug-likeness (QED) is 0.648. The van der Waals surface area contributed by atoms with Crippen molar-refractivity contribution in [3.63, 3.8) is 0 Å². The molecule has 0 fully saturated rings. The second-order valence-electron chi connectivity index (χ2n) is 2.68. The van der Waals surface area contributed by atoms with Crippen LogP contribution in [0.15, 0.2) is 34.1 Å². The van der Waals surface area contributed by atoms with Crippen molar-refractivity contribution in [1.29, 1.82) is 0 Å². The Bertz CT molecular complexity index is 462. The molecular formula is C8H6O3S2. The predicted molar refractivity (Wildman–Crippen MR) is 49.4 cm³/mol. The lowest BCUT2D eigenvalue weighted by molar-refractivity contribution is -0.108. The maximum absolute atomic E-state index is 11.4. The maximum Gasteiger partial charge on any atom is 0.209 e. The van der Waals surface area contributed by atoms with Gasteiger partial charge in [-0.25, -0.2) is 8.42 Å². The van der Waals surface area contributed by atoms with Crippen LogP contribution in [-0.4, -0.2) is 19.3 Å². The smallest absolute Gasteiger partial charge is 0.209 e. The molecule has 1 aliphatic heterocycles. The number of thioether (sulfide) groups is 1. The summed E-state index contributed by atoms with van der Waals surface area (Å²) in [6.07, 6.45) is 0. The van der Waals surface area contributed by atoms with Gasteiger partial charge < -0.3 is 0 Å². The summed E-state index contributed by atoms with van der Waals surface area (Å²) in [7, 11) is -3.36. The Hall–Kier alpha value is -0.810. The number of benzene rings is 1. The molecule has 2 rings (SSSR count). The first kappa shape index (κ1) is 8.77. The van der Waals surface area contributed by atoms with Crippen molar-refractivity contribution < 1.29 is 13.2 Å². The first-order valence-electron chi connectivity index (χ1n) is 3.62. The lowest BCUT2D eigenvalue weighted by atomic mass is 10.4. The zero-order valence-corrected chi connectivity index (χ0v) is 8.19. The molecule has 0 unspecified atom stereocenters. The second-order valence-corrected chi connectivity index (χ2v) is 5.74. The van der Waals surface area contributed by atoms with Crippen molar-refractivity contribution in [3.05, 3.63) is 24.3 Å².